The number of hydrogen-bond acceptors (Lipinski definition) is 5. The smallest absolute Gasteiger partial charge is 0.325 e. The zero-order valence-corrected chi connectivity index (χ0v) is 17.4. The summed E-state index contributed by atoms with van der Waals surface area (Å²) in [5.74, 6) is -0.171. The molecule has 1 aliphatic heterocycles. The third-order valence-corrected chi connectivity index (χ3v) is 5.20. The van der Waals surface area contributed by atoms with E-state index in [0.717, 1.165) is 31.7 Å². The minimum atomic E-state index is -0.712. The van der Waals surface area contributed by atoms with Crippen LogP contribution in [0.4, 0.5) is 25.5 Å². The quantitative estimate of drug-likeness (QED) is 0.625. The second kappa shape index (κ2) is 9.63. The molecule has 10 heteroatoms. The number of amides is 5. The van der Waals surface area contributed by atoms with Crippen LogP contribution in [0.5, 0.6) is 11.5 Å². The van der Waals surface area contributed by atoms with Crippen LogP contribution in [-0.2, 0) is 4.79 Å². The highest BCUT2D eigenvalue weighted by molar-refractivity contribution is 6.01. The summed E-state index contributed by atoms with van der Waals surface area (Å²) >= 11 is 0. The minimum absolute atomic E-state index is 0.0659. The van der Waals surface area contributed by atoms with Gasteiger partial charge in [0.15, 0.2) is 11.6 Å². The van der Waals surface area contributed by atoms with E-state index in [1.54, 1.807) is 4.90 Å². The summed E-state index contributed by atoms with van der Waals surface area (Å²) in [6, 6.07) is 6.01. The number of nitrogens with one attached hydrogen (secondary N) is 3. The maximum atomic E-state index is 14.5. The van der Waals surface area contributed by atoms with Crippen LogP contribution < -0.4 is 20.7 Å². The van der Waals surface area contributed by atoms with Crippen molar-refractivity contribution in [3.05, 3.63) is 42.3 Å². The third-order valence-electron chi connectivity index (χ3n) is 5.20. The van der Waals surface area contributed by atoms with Gasteiger partial charge in [-0.15, -0.1) is 0 Å². The van der Waals surface area contributed by atoms with E-state index in [2.05, 4.69) is 20.9 Å². The minimum Gasteiger partial charge on any atom is -0.454 e. The summed E-state index contributed by atoms with van der Waals surface area (Å²) in [6.07, 6.45) is 5.74. The number of carbonyl (C=O) groups excluding carboxylic acids is 3. The molecule has 9 nitrogen and oxygen atoms in total. The maximum Gasteiger partial charge on any atom is 0.325 e. The van der Waals surface area contributed by atoms with Crippen LogP contribution >= 0.6 is 0 Å². The van der Waals surface area contributed by atoms with Gasteiger partial charge in [-0.2, -0.15) is 0 Å². The number of aromatic nitrogens is 1. The Morgan fingerprint density at radius 3 is 2.59 bits per heavy atom. The van der Waals surface area contributed by atoms with Crippen molar-refractivity contribution in [2.45, 2.75) is 32.1 Å². The van der Waals surface area contributed by atoms with E-state index in [4.69, 9.17) is 4.74 Å². The predicted octanol–water partition coefficient (Wildman–Crippen LogP) is 4.09. The third kappa shape index (κ3) is 5.93. The standard InChI is InChI=1S/C22H24FN5O4/c23-17-12-15(25-21(30)27-20(29)11-14-3-4-14)5-6-18(17)32-16-7-8-24-19(13-16)26-22(31)28-9-1-2-10-28/h5-8,12-14H,1-4,9-11H2,(H,24,26,31)(H2,25,27,29,30). The van der Waals surface area contributed by atoms with Crippen molar-refractivity contribution in [3.8, 4) is 11.5 Å². The molecule has 5 amide bonds. The molecule has 1 saturated carbocycles. The number of halogens is 1. The summed E-state index contributed by atoms with van der Waals surface area (Å²) in [5, 5.41) is 7.36. The highest BCUT2D eigenvalue weighted by Crippen LogP contribution is 2.32. The van der Waals surface area contributed by atoms with Crippen LogP contribution in [0, 0.1) is 11.7 Å². The fourth-order valence-corrected chi connectivity index (χ4v) is 3.36. The molecule has 1 saturated heterocycles. The van der Waals surface area contributed by atoms with E-state index < -0.39 is 11.8 Å². The topological polar surface area (TPSA) is 113 Å². The monoisotopic (exact) mass is 441 g/mol. The number of urea groups is 2. The van der Waals surface area contributed by atoms with Crippen LogP contribution in [0.1, 0.15) is 32.1 Å². The van der Waals surface area contributed by atoms with Crippen LogP contribution in [0.25, 0.3) is 0 Å². The van der Waals surface area contributed by atoms with Gasteiger partial charge in [0.25, 0.3) is 0 Å². The van der Waals surface area contributed by atoms with Gasteiger partial charge in [-0.05, 0) is 49.8 Å². The van der Waals surface area contributed by atoms with Crippen molar-refractivity contribution < 1.29 is 23.5 Å². The van der Waals surface area contributed by atoms with Crippen LogP contribution in [0.3, 0.4) is 0 Å². The average molecular weight is 441 g/mol. The van der Waals surface area contributed by atoms with Crippen molar-refractivity contribution >= 4 is 29.5 Å². The Balaban J connectivity index is 1.33. The predicted molar refractivity (Wildman–Crippen MR) is 115 cm³/mol. The first-order chi connectivity index (χ1) is 15.5. The summed E-state index contributed by atoms with van der Waals surface area (Å²) in [4.78, 5) is 41.6. The summed E-state index contributed by atoms with van der Waals surface area (Å²) < 4.78 is 20.1. The summed E-state index contributed by atoms with van der Waals surface area (Å²) in [7, 11) is 0. The lowest BCUT2D eigenvalue weighted by Crippen LogP contribution is -2.34. The molecule has 1 aliphatic carbocycles. The highest BCUT2D eigenvalue weighted by atomic mass is 19.1. The van der Waals surface area contributed by atoms with Crippen LogP contribution in [0.2, 0.25) is 0 Å². The van der Waals surface area contributed by atoms with Gasteiger partial charge in [0, 0.05) is 43.5 Å². The molecular formula is C22H24FN5O4. The number of carbonyl (C=O) groups is 3. The van der Waals surface area contributed by atoms with E-state index in [-0.39, 0.29) is 23.4 Å². The molecule has 3 N–H and O–H groups in total. The lowest BCUT2D eigenvalue weighted by Gasteiger charge is -2.16. The molecule has 168 valence electrons. The maximum absolute atomic E-state index is 14.5. The van der Waals surface area contributed by atoms with Gasteiger partial charge < -0.3 is 15.0 Å². The largest absolute Gasteiger partial charge is 0.454 e. The molecule has 32 heavy (non-hydrogen) atoms. The molecule has 4 rings (SSSR count). The molecule has 1 aromatic carbocycles. The zero-order valence-electron chi connectivity index (χ0n) is 17.4. The number of pyridine rings is 1. The first-order valence-electron chi connectivity index (χ1n) is 10.6. The average Bonchev–Trinajstić information content (AvgIpc) is 3.37. The van der Waals surface area contributed by atoms with Crippen molar-refractivity contribution in [3.63, 3.8) is 0 Å². The van der Waals surface area contributed by atoms with Gasteiger partial charge in [-0.25, -0.2) is 19.0 Å². The number of anilines is 2. The Kier molecular flexibility index (Phi) is 6.48. The van der Waals surface area contributed by atoms with E-state index in [1.165, 1.54) is 30.5 Å². The second-order valence-electron chi connectivity index (χ2n) is 7.90. The van der Waals surface area contributed by atoms with Gasteiger partial charge in [-0.3, -0.25) is 15.4 Å². The SMILES string of the molecule is O=C(CC1CC1)NC(=O)Nc1ccc(Oc2ccnc(NC(=O)N3CCCC3)c2)c(F)c1. The molecule has 2 aliphatic rings. The first-order valence-corrected chi connectivity index (χ1v) is 10.6. The first kappa shape index (κ1) is 21.5. The Morgan fingerprint density at radius 1 is 1.09 bits per heavy atom. The molecule has 1 aromatic heterocycles. The van der Waals surface area contributed by atoms with Gasteiger partial charge in [-0.1, -0.05) is 0 Å². The lowest BCUT2D eigenvalue weighted by molar-refractivity contribution is -0.120. The van der Waals surface area contributed by atoms with E-state index in [0.29, 0.717) is 37.0 Å². The van der Waals surface area contributed by atoms with Crippen molar-refractivity contribution in [2.24, 2.45) is 5.92 Å². The number of imide groups is 1. The Bertz CT molecular complexity index is 1020. The Morgan fingerprint density at radius 2 is 1.88 bits per heavy atom. The zero-order chi connectivity index (χ0) is 22.5. The molecule has 2 heterocycles. The van der Waals surface area contributed by atoms with Gasteiger partial charge in [0.05, 0.1) is 0 Å². The van der Waals surface area contributed by atoms with Crippen LogP contribution in [0.15, 0.2) is 36.5 Å². The summed E-state index contributed by atoms with van der Waals surface area (Å²) in [5.41, 5.74) is 0.180. The molecule has 2 fully saturated rings. The van der Waals surface area contributed by atoms with Crippen molar-refractivity contribution in [1.29, 1.82) is 0 Å². The number of nitrogens with zero attached hydrogens (tertiary/aromatic N) is 2. The normalized spacial score (nSPS) is 15.2. The van der Waals surface area contributed by atoms with Gasteiger partial charge in [0.1, 0.15) is 11.6 Å². The molecule has 0 atom stereocenters. The van der Waals surface area contributed by atoms with E-state index in [9.17, 15) is 18.8 Å². The number of hydrogen-bond donors (Lipinski definition) is 3. The second-order valence-corrected chi connectivity index (χ2v) is 7.90. The van der Waals surface area contributed by atoms with Gasteiger partial charge in [0.2, 0.25) is 5.91 Å². The fraction of sp³-hybridized carbons (Fsp3) is 0.364. The molecular weight excluding hydrogens is 417 g/mol. The van der Waals surface area contributed by atoms with Gasteiger partial charge >= 0.3 is 12.1 Å². The Hall–Kier alpha value is -3.69. The van der Waals surface area contributed by atoms with Crippen molar-refractivity contribution in [2.75, 3.05) is 23.7 Å². The molecule has 0 radical (unpaired) electrons. The molecule has 0 unspecified atom stereocenters. The Labute approximate surface area is 184 Å². The number of rotatable bonds is 6. The highest BCUT2D eigenvalue weighted by Gasteiger charge is 2.25. The van der Waals surface area contributed by atoms with Crippen molar-refractivity contribution in [1.82, 2.24) is 15.2 Å². The number of ether oxygens (including phenoxy) is 1. The van der Waals surface area contributed by atoms with E-state index in [1.807, 2.05) is 0 Å². The van der Waals surface area contributed by atoms with Crippen LogP contribution in [-0.4, -0.2) is 40.9 Å². The lowest BCUT2D eigenvalue weighted by atomic mass is 10.3. The number of likely N-dealkylation sites (tertiary alicyclic amines) is 1. The number of benzene rings is 1. The van der Waals surface area contributed by atoms with E-state index >= 15 is 0 Å². The fourth-order valence-electron chi connectivity index (χ4n) is 3.36. The molecule has 0 bridgehead atoms. The summed E-state index contributed by atoms with van der Waals surface area (Å²) in [6.45, 7) is 1.42. The molecule has 2 aromatic rings. The molecule has 0 spiro atoms.